The van der Waals surface area contributed by atoms with Gasteiger partial charge in [0.2, 0.25) is 5.91 Å². The lowest BCUT2D eigenvalue weighted by atomic mass is 9.96. The van der Waals surface area contributed by atoms with Crippen LogP contribution in [0.2, 0.25) is 0 Å². The second kappa shape index (κ2) is 7.37. The minimum Gasteiger partial charge on any atom is -0.376 e. The third-order valence-corrected chi connectivity index (χ3v) is 5.66. The highest BCUT2D eigenvalue weighted by Crippen LogP contribution is 2.29. The van der Waals surface area contributed by atoms with E-state index < -0.39 is 0 Å². The van der Waals surface area contributed by atoms with E-state index in [4.69, 9.17) is 4.74 Å². The predicted octanol–water partition coefficient (Wildman–Crippen LogP) is 3.41. The predicted molar refractivity (Wildman–Crippen MR) is 97.0 cm³/mol. The molecule has 0 aromatic heterocycles. The fourth-order valence-electron chi connectivity index (χ4n) is 3.14. The van der Waals surface area contributed by atoms with Crippen LogP contribution in [0.15, 0.2) is 42.5 Å². The van der Waals surface area contributed by atoms with Crippen LogP contribution in [0.5, 0.6) is 0 Å². The Kier molecular flexibility index (Phi) is 5.23. The Labute approximate surface area is 141 Å². The van der Waals surface area contributed by atoms with Gasteiger partial charge in [0, 0.05) is 13.7 Å². The van der Waals surface area contributed by atoms with Crippen molar-refractivity contribution in [2.75, 3.05) is 25.2 Å². The fraction of sp³-hybridized carbons (Fsp3) is 0.421. The number of carbonyl (C=O) groups excluding carboxylic acids is 1. The minimum atomic E-state index is -0.181. The van der Waals surface area contributed by atoms with Gasteiger partial charge in [0.15, 0.2) is 0 Å². The summed E-state index contributed by atoms with van der Waals surface area (Å²) < 4.78 is 5.72. The number of benzene rings is 2. The van der Waals surface area contributed by atoms with Crippen LogP contribution in [0.1, 0.15) is 18.4 Å². The minimum absolute atomic E-state index is 0.0657. The molecule has 2 aromatic carbocycles. The maximum atomic E-state index is 12.4. The van der Waals surface area contributed by atoms with Crippen LogP contribution in [-0.2, 0) is 16.0 Å². The number of amides is 1. The summed E-state index contributed by atoms with van der Waals surface area (Å²) in [6.07, 6.45) is 2.42. The third-order valence-electron chi connectivity index (χ3n) is 4.68. The molecule has 1 aliphatic rings. The number of nitrogens with one attached hydrogen (secondary N) is 1. The Morgan fingerprint density at radius 1 is 1.17 bits per heavy atom. The molecule has 3 nitrogen and oxygen atoms in total. The van der Waals surface area contributed by atoms with E-state index in [1.165, 1.54) is 5.39 Å². The first-order valence-corrected chi connectivity index (χ1v) is 9.24. The number of hydrogen-bond donors (Lipinski definition) is 1. The van der Waals surface area contributed by atoms with E-state index in [0.29, 0.717) is 13.0 Å². The molecule has 0 spiro atoms. The molecule has 23 heavy (non-hydrogen) atoms. The van der Waals surface area contributed by atoms with E-state index in [-0.39, 0.29) is 11.5 Å². The average molecular weight is 329 g/mol. The topological polar surface area (TPSA) is 38.3 Å². The summed E-state index contributed by atoms with van der Waals surface area (Å²) in [4.78, 5) is 12.4. The van der Waals surface area contributed by atoms with Gasteiger partial charge in [-0.15, -0.1) is 0 Å². The second-order valence-corrected chi connectivity index (χ2v) is 7.32. The Morgan fingerprint density at radius 2 is 1.91 bits per heavy atom. The first-order valence-electron chi connectivity index (χ1n) is 8.09. The average Bonchev–Trinajstić information content (AvgIpc) is 2.61. The smallest absolute Gasteiger partial charge is 0.224 e. The van der Waals surface area contributed by atoms with Gasteiger partial charge in [0.25, 0.3) is 0 Å². The van der Waals surface area contributed by atoms with Gasteiger partial charge in [-0.25, -0.2) is 0 Å². The molecule has 1 aliphatic heterocycles. The molecule has 0 atom stereocenters. The molecule has 0 radical (unpaired) electrons. The Balaban J connectivity index is 1.64. The largest absolute Gasteiger partial charge is 0.376 e. The molecule has 0 saturated carbocycles. The van der Waals surface area contributed by atoms with Crippen molar-refractivity contribution in [2.45, 2.75) is 24.9 Å². The number of hydrogen-bond acceptors (Lipinski definition) is 3. The molecular formula is C19H23NO2S. The number of thioether (sulfide) groups is 1. The molecule has 0 unspecified atom stereocenters. The number of ether oxygens (including phenoxy) is 1. The lowest BCUT2D eigenvalue weighted by Gasteiger charge is -2.35. The van der Waals surface area contributed by atoms with Crippen LogP contribution < -0.4 is 5.32 Å². The zero-order valence-corrected chi connectivity index (χ0v) is 14.3. The number of fused-ring (bicyclic) bond motifs is 1. The van der Waals surface area contributed by atoms with E-state index in [1.54, 1.807) is 7.11 Å². The van der Waals surface area contributed by atoms with Crippen molar-refractivity contribution in [1.29, 1.82) is 0 Å². The van der Waals surface area contributed by atoms with E-state index in [1.807, 2.05) is 36.0 Å². The van der Waals surface area contributed by atoms with Crippen LogP contribution in [-0.4, -0.2) is 36.7 Å². The molecule has 0 bridgehead atoms. The van der Waals surface area contributed by atoms with Gasteiger partial charge in [-0.3, -0.25) is 4.79 Å². The Bertz CT molecular complexity index is 675. The van der Waals surface area contributed by atoms with Crippen LogP contribution in [0.3, 0.4) is 0 Å². The zero-order chi connectivity index (χ0) is 16.1. The van der Waals surface area contributed by atoms with E-state index in [2.05, 4.69) is 23.5 Å². The molecule has 1 saturated heterocycles. The molecule has 1 amide bonds. The summed E-state index contributed by atoms with van der Waals surface area (Å²) >= 11 is 1.96. The molecule has 3 rings (SSSR count). The van der Waals surface area contributed by atoms with Crippen molar-refractivity contribution < 1.29 is 9.53 Å². The Hall–Kier alpha value is -1.52. The lowest BCUT2D eigenvalue weighted by molar-refractivity contribution is -0.122. The summed E-state index contributed by atoms with van der Waals surface area (Å²) in [7, 11) is 1.76. The standard InChI is InChI=1S/C19H23NO2S/c1-22-19(9-11-23-12-10-19)14-20-18(21)13-16-7-4-6-15-5-2-3-8-17(15)16/h2-8H,9-14H2,1H3,(H,20,21). The van der Waals surface area contributed by atoms with Crippen LogP contribution in [0.25, 0.3) is 10.8 Å². The van der Waals surface area contributed by atoms with Crippen LogP contribution in [0, 0.1) is 0 Å². The summed E-state index contributed by atoms with van der Waals surface area (Å²) in [5.74, 6) is 2.27. The molecule has 0 aliphatic carbocycles. The summed E-state index contributed by atoms with van der Waals surface area (Å²) in [6.45, 7) is 0.605. The molecular weight excluding hydrogens is 306 g/mol. The van der Waals surface area contributed by atoms with Gasteiger partial charge in [0.05, 0.1) is 12.0 Å². The van der Waals surface area contributed by atoms with Gasteiger partial charge in [0.1, 0.15) is 0 Å². The van der Waals surface area contributed by atoms with Crippen molar-refractivity contribution in [1.82, 2.24) is 5.32 Å². The molecule has 1 N–H and O–H groups in total. The summed E-state index contributed by atoms with van der Waals surface area (Å²) in [5.41, 5.74) is 0.894. The molecule has 1 fully saturated rings. The maximum absolute atomic E-state index is 12.4. The van der Waals surface area contributed by atoms with E-state index in [0.717, 1.165) is 35.3 Å². The first kappa shape index (κ1) is 16.3. The van der Waals surface area contributed by atoms with Crippen LogP contribution >= 0.6 is 11.8 Å². The monoisotopic (exact) mass is 329 g/mol. The van der Waals surface area contributed by atoms with Gasteiger partial charge in [-0.1, -0.05) is 42.5 Å². The second-order valence-electron chi connectivity index (χ2n) is 6.09. The lowest BCUT2D eigenvalue weighted by Crippen LogP contribution is -2.47. The van der Waals surface area contributed by atoms with E-state index >= 15 is 0 Å². The van der Waals surface area contributed by atoms with E-state index in [9.17, 15) is 4.79 Å². The highest BCUT2D eigenvalue weighted by molar-refractivity contribution is 7.99. The van der Waals surface area contributed by atoms with Gasteiger partial charge < -0.3 is 10.1 Å². The SMILES string of the molecule is COC1(CNC(=O)Cc2cccc3ccccc23)CCSCC1. The molecule has 2 aromatic rings. The molecule has 1 heterocycles. The van der Waals surface area contributed by atoms with Gasteiger partial charge in [-0.05, 0) is 40.7 Å². The van der Waals surface area contributed by atoms with Crippen molar-refractivity contribution in [3.63, 3.8) is 0 Å². The number of rotatable bonds is 5. The summed E-state index contributed by atoms with van der Waals surface area (Å²) in [5, 5.41) is 5.41. The van der Waals surface area contributed by atoms with Gasteiger partial charge >= 0.3 is 0 Å². The first-order chi connectivity index (χ1) is 11.2. The number of carbonyl (C=O) groups is 1. The highest BCUT2D eigenvalue weighted by atomic mass is 32.2. The third kappa shape index (κ3) is 3.88. The van der Waals surface area contributed by atoms with Crippen molar-refractivity contribution >= 4 is 28.4 Å². The summed E-state index contributed by atoms with van der Waals surface area (Å²) in [6, 6.07) is 14.3. The molecule has 122 valence electrons. The van der Waals surface area contributed by atoms with Crippen LogP contribution in [0.4, 0.5) is 0 Å². The maximum Gasteiger partial charge on any atom is 0.224 e. The zero-order valence-electron chi connectivity index (χ0n) is 13.5. The normalized spacial score (nSPS) is 17.1. The highest BCUT2D eigenvalue weighted by Gasteiger charge is 2.32. The quantitative estimate of drug-likeness (QED) is 0.913. The van der Waals surface area contributed by atoms with Crippen molar-refractivity contribution in [3.05, 3.63) is 48.0 Å². The fourth-order valence-corrected chi connectivity index (χ4v) is 4.38. The molecule has 4 heteroatoms. The van der Waals surface area contributed by atoms with Gasteiger partial charge in [-0.2, -0.15) is 11.8 Å². The van der Waals surface area contributed by atoms with Crippen molar-refractivity contribution in [2.24, 2.45) is 0 Å². The Morgan fingerprint density at radius 3 is 2.70 bits per heavy atom. The van der Waals surface area contributed by atoms with Crippen molar-refractivity contribution in [3.8, 4) is 0 Å². The number of methoxy groups -OCH3 is 1.